The molecule has 0 bridgehead atoms. The first-order chi connectivity index (χ1) is 37.9. The number of anilines is 3. The highest BCUT2D eigenvalue weighted by molar-refractivity contribution is 6.05. The van der Waals surface area contributed by atoms with E-state index >= 15 is 8.78 Å². The van der Waals surface area contributed by atoms with Crippen LogP contribution in [-0.4, -0.2) is 160 Å². The van der Waals surface area contributed by atoms with Crippen molar-refractivity contribution >= 4 is 52.5 Å². The zero-order valence-electron chi connectivity index (χ0n) is 45.3. The number of carbonyl (C=O) groups excluding carboxylic acids is 6. The molecule has 6 N–H and O–H groups in total. The van der Waals surface area contributed by atoms with E-state index in [9.17, 15) is 33.2 Å². The second-order valence-corrected chi connectivity index (χ2v) is 21.8. The average Bonchev–Trinajstić information content (AvgIpc) is 4.20. The molecule has 422 valence electrons. The van der Waals surface area contributed by atoms with E-state index in [0.717, 1.165) is 42.4 Å². The van der Waals surface area contributed by atoms with Crippen molar-refractivity contribution in [1.82, 2.24) is 36.0 Å². The van der Waals surface area contributed by atoms with Crippen LogP contribution >= 0.6 is 0 Å². The Labute approximate surface area is 458 Å². The quantitative estimate of drug-likeness (QED) is 0.0889. The normalized spacial score (nSPS) is 23.3. The monoisotopic (exact) mass is 1090 g/mol. The van der Waals surface area contributed by atoms with Gasteiger partial charge in [0.05, 0.1) is 37.8 Å². The summed E-state index contributed by atoms with van der Waals surface area (Å²) in [5, 5.41) is 17.3. The molecule has 4 aromatic carbocycles. The third kappa shape index (κ3) is 12.8. The Balaban J connectivity index is 0.934. The predicted molar refractivity (Wildman–Crippen MR) is 290 cm³/mol. The average molecular weight is 1090 g/mol. The summed E-state index contributed by atoms with van der Waals surface area (Å²) in [6.45, 7) is 12.0. The number of carbonyl (C=O) groups is 6. The van der Waals surface area contributed by atoms with Crippen molar-refractivity contribution < 1.29 is 51.4 Å². The van der Waals surface area contributed by atoms with E-state index in [0.29, 0.717) is 75.6 Å². The maximum Gasteiger partial charge on any atom is 0.252 e. The Hall–Kier alpha value is -6.75. The molecule has 3 fully saturated rings. The van der Waals surface area contributed by atoms with E-state index in [1.54, 1.807) is 50.1 Å². The molecule has 0 radical (unpaired) electrons. The standard InChI is InChI=1S/C58H71F3N10O8/c1-34-28-69(43(26-63-34)30-68-19-22-79-32-35(68)2)31-50(73)71-33-58(4,45-16-11-38(24-48(45)71)23-37-9-13-41(59)14-10-37)57(77)64-27-49(72)65-42-15-12-40-29-70(53(44(40)25-42)55(75)67-52-46(60)7-6-8-47(52)61)56(76)51(39-17-20-78-21-18-39)66-54(74)36(3)62-5/h6-16,24-25,34-36,39,43,51,53,62-63H,17-23,26-33H2,1-5H3,(H,64,77)(H,65,72)(H,66,74)(H,67,75)/t34-,35-,36+,43-,51+,53+,58+/m1/s1. The van der Waals surface area contributed by atoms with Crippen LogP contribution in [0.2, 0.25) is 0 Å². The number of rotatable bonds is 17. The number of benzene rings is 4. The summed E-state index contributed by atoms with van der Waals surface area (Å²) in [6, 6.07) is 16.9. The van der Waals surface area contributed by atoms with Crippen LogP contribution in [0.1, 0.15) is 74.4 Å². The van der Waals surface area contributed by atoms with Crippen LogP contribution in [0.3, 0.4) is 0 Å². The first-order valence-electron chi connectivity index (χ1n) is 27.2. The zero-order valence-corrected chi connectivity index (χ0v) is 45.3. The Morgan fingerprint density at radius 2 is 1.59 bits per heavy atom. The lowest BCUT2D eigenvalue weighted by molar-refractivity contribution is -0.144. The van der Waals surface area contributed by atoms with Gasteiger partial charge in [-0.25, -0.2) is 13.2 Å². The van der Waals surface area contributed by atoms with Crippen LogP contribution in [-0.2, 0) is 56.6 Å². The Bertz CT molecular complexity index is 2910. The molecule has 0 aliphatic carbocycles. The lowest BCUT2D eigenvalue weighted by Crippen LogP contribution is -2.62. The van der Waals surface area contributed by atoms with Crippen LogP contribution in [0, 0.1) is 23.4 Å². The molecule has 79 heavy (non-hydrogen) atoms. The number of nitrogens with zero attached hydrogens (tertiary/aromatic N) is 4. The minimum Gasteiger partial charge on any atom is -0.381 e. The second-order valence-electron chi connectivity index (χ2n) is 21.8. The Morgan fingerprint density at radius 3 is 2.32 bits per heavy atom. The highest BCUT2D eigenvalue weighted by Gasteiger charge is 2.48. The molecule has 9 rings (SSSR count). The first kappa shape index (κ1) is 57.0. The summed E-state index contributed by atoms with van der Waals surface area (Å²) in [5.74, 6) is -6.05. The van der Waals surface area contributed by atoms with Crippen LogP contribution in [0.5, 0.6) is 0 Å². The van der Waals surface area contributed by atoms with Crippen molar-refractivity contribution in [2.75, 3.05) is 94.8 Å². The third-order valence-electron chi connectivity index (χ3n) is 16.2. The first-order valence-corrected chi connectivity index (χ1v) is 27.2. The Morgan fingerprint density at radius 1 is 0.861 bits per heavy atom. The van der Waals surface area contributed by atoms with E-state index in [1.165, 1.54) is 23.1 Å². The third-order valence-corrected chi connectivity index (χ3v) is 16.2. The fourth-order valence-corrected chi connectivity index (χ4v) is 11.5. The SMILES string of the molecule is CN[C@@H](C)C(=O)N[C@H](C(=O)N1Cc2ccc(NC(=O)CNC(=O)[C@@]3(C)CN(C(=O)CN4C[C@@H](C)NC[C@@H]4CN4CCOC[C@H]4C)c4cc(Cc5ccc(F)cc5)ccc43)cc2[C@H]1C(=O)Nc1c(F)cccc1F)C1CCOCC1. The number of amides is 6. The van der Waals surface area contributed by atoms with Gasteiger partial charge in [-0.1, -0.05) is 36.4 Å². The van der Waals surface area contributed by atoms with Gasteiger partial charge in [0.25, 0.3) is 5.91 Å². The van der Waals surface area contributed by atoms with Gasteiger partial charge in [0.15, 0.2) is 0 Å². The van der Waals surface area contributed by atoms with Crippen molar-refractivity contribution in [3.63, 3.8) is 0 Å². The maximum atomic E-state index is 15.0. The topological polar surface area (TPSA) is 206 Å². The number of hydrogen-bond donors (Lipinski definition) is 6. The van der Waals surface area contributed by atoms with Crippen LogP contribution in [0.15, 0.2) is 78.9 Å². The molecule has 5 heterocycles. The molecule has 5 aliphatic heterocycles. The number of morpholine rings is 1. The molecule has 0 aromatic heterocycles. The van der Waals surface area contributed by atoms with Crippen molar-refractivity contribution in [3.8, 4) is 0 Å². The zero-order chi connectivity index (χ0) is 56.1. The lowest BCUT2D eigenvalue weighted by Gasteiger charge is -2.43. The maximum absolute atomic E-state index is 15.0. The van der Waals surface area contributed by atoms with Gasteiger partial charge >= 0.3 is 0 Å². The van der Waals surface area contributed by atoms with E-state index < -0.39 is 76.9 Å². The van der Waals surface area contributed by atoms with Crippen molar-refractivity contribution in [1.29, 1.82) is 0 Å². The highest BCUT2D eigenvalue weighted by Crippen LogP contribution is 2.43. The van der Waals surface area contributed by atoms with E-state index in [2.05, 4.69) is 55.5 Å². The summed E-state index contributed by atoms with van der Waals surface area (Å²) in [7, 11) is 1.61. The molecule has 0 spiro atoms. The van der Waals surface area contributed by atoms with E-state index in [1.807, 2.05) is 18.2 Å². The summed E-state index contributed by atoms with van der Waals surface area (Å²) in [6.07, 6.45) is 1.35. The molecule has 18 nitrogen and oxygen atoms in total. The van der Waals surface area contributed by atoms with Crippen molar-refractivity contribution in [2.24, 2.45) is 5.92 Å². The van der Waals surface area contributed by atoms with Crippen LogP contribution in [0.4, 0.5) is 30.2 Å². The van der Waals surface area contributed by atoms with Gasteiger partial charge in [0, 0.05) is 82.0 Å². The van der Waals surface area contributed by atoms with E-state index in [4.69, 9.17) is 9.47 Å². The fraction of sp³-hybridized carbons (Fsp3) is 0.483. The molecule has 3 saturated heterocycles. The minimum absolute atomic E-state index is 0.00468. The molecule has 7 atom stereocenters. The van der Waals surface area contributed by atoms with Gasteiger partial charge in [0.1, 0.15) is 35.2 Å². The molecular weight excluding hydrogens is 1020 g/mol. The number of fused-ring (bicyclic) bond motifs is 2. The van der Waals surface area contributed by atoms with Gasteiger partial charge in [0.2, 0.25) is 29.5 Å². The number of ether oxygens (including phenoxy) is 2. The van der Waals surface area contributed by atoms with Gasteiger partial charge in [-0.2, -0.15) is 0 Å². The summed E-state index contributed by atoms with van der Waals surface area (Å²) >= 11 is 0. The van der Waals surface area contributed by atoms with E-state index in [-0.39, 0.29) is 66.7 Å². The molecule has 0 saturated carbocycles. The highest BCUT2D eigenvalue weighted by atomic mass is 19.1. The number of para-hydroxylation sites is 1. The number of piperazine rings is 1. The van der Waals surface area contributed by atoms with Crippen molar-refractivity contribution in [2.45, 2.75) is 95.2 Å². The smallest absolute Gasteiger partial charge is 0.252 e. The van der Waals surface area contributed by atoms with Crippen LogP contribution < -0.4 is 36.8 Å². The van der Waals surface area contributed by atoms with Gasteiger partial charge in [-0.05, 0) is 130 Å². The predicted octanol–water partition coefficient (Wildman–Crippen LogP) is 3.98. The Kier molecular flexibility index (Phi) is 17.8. The molecule has 21 heteroatoms. The lowest BCUT2D eigenvalue weighted by atomic mass is 9.83. The summed E-state index contributed by atoms with van der Waals surface area (Å²) < 4.78 is 55.2. The van der Waals surface area contributed by atoms with Gasteiger partial charge in [-0.3, -0.25) is 38.6 Å². The summed E-state index contributed by atoms with van der Waals surface area (Å²) in [5.41, 5.74) is 1.86. The van der Waals surface area contributed by atoms with Gasteiger partial charge in [-0.15, -0.1) is 0 Å². The van der Waals surface area contributed by atoms with Gasteiger partial charge < -0.3 is 51.2 Å². The second kappa shape index (κ2) is 24.7. The number of nitrogens with one attached hydrogen (secondary N) is 6. The number of hydrogen-bond acceptors (Lipinski definition) is 12. The summed E-state index contributed by atoms with van der Waals surface area (Å²) in [4.78, 5) is 93.3. The van der Waals surface area contributed by atoms with Crippen molar-refractivity contribution in [3.05, 3.63) is 124 Å². The molecule has 6 amide bonds. The van der Waals surface area contributed by atoms with Crippen LogP contribution in [0.25, 0.3) is 0 Å². The molecule has 5 aliphatic rings. The minimum atomic E-state index is -1.46. The molecule has 0 unspecified atom stereocenters. The molecular formula is C58H71F3N10O8. The largest absolute Gasteiger partial charge is 0.381 e. The fourth-order valence-electron chi connectivity index (χ4n) is 11.5. The molecule has 4 aromatic rings. The number of halogens is 3. The number of likely N-dealkylation sites (N-methyl/N-ethyl adjacent to an activating group) is 1.